The minimum atomic E-state index is -0.719. The van der Waals surface area contributed by atoms with Gasteiger partial charge < -0.3 is 10.0 Å². The Balaban J connectivity index is 1.99. The van der Waals surface area contributed by atoms with Gasteiger partial charge in [0.25, 0.3) is 0 Å². The lowest BCUT2D eigenvalue weighted by atomic mass is 10.0. The third kappa shape index (κ3) is 2.51. The van der Waals surface area contributed by atoms with Gasteiger partial charge in [-0.2, -0.15) is 0 Å². The summed E-state index contributed by atoms with van der Waals surface area (Å²) in [5.74, 6) is -0.719. The number of carboxylic acid groups (broad SMARTS) is 1. The minimum absolute atomic E-state index is 0.242. The first kappa shape index (κ1) is 10.9. The van der Waals surface area contributed by atoms with Crippen molar-refractivity contribution in [1.82, 2.24) is 4.98 Å². The molecule has 0 unspecified atom stereocenters. The third-order valence-electron chi connectivity index (χ3n) is 2.92. The van der Waals surface area contributed by atoms with Crippen LogP contribution in [0.2, 0.25) is 0 Å². The molecule has 0 saturated heterocycles. The molecule has 0 amide bonds. The fraction of sp³-hybridized carbons (Fsp3) is 0.500. The van der Waals surface area contributed by atoms with Crippen LogP contribution in [-0.4, -0.2) is 29.1 Å². The third-order valence-corrected chi connectivity index (χ3v) is 2.92. The lowest BCUT2D eigenvalue weighted by Gasteiger charge is -2.30. The molecule has 2 heterocycles. The fourth-order valence-electron chi connectivity index (χ4n) is 2.15. The summed E-state index contributed by atoms with van der Waals surface area (Å²) in [7, 11) is 0. The lowest BCUT2D eigenvalue weighted by molar-refractivity contribution is -0.137. The number of nitrogens with zero attached hydrogens (tertiary/aromatic N) is 2. The van der Waals surface area contributed by atoms with Gasteiger partial charge in [0.1, 0.15) is 0 Å². The highest BCUT2D eigenvalue weighted by Crippen LogP contribution is 2.25. The van der Waals surface area contributed by atoms with Crippen molar-refractivity contribution < 1.29 is 9.90 Å². The molecule has 4 nitrogen and oxygen atoms in total. The van der Waals surface area contributed by atoms with Crippen LogP contribution in [0.5, 0.6) is 0 Å². The second-order valence-corrected chi connectivity index (χ2v) is 4.09. The van der Waals surface area contributed by atoms with E-state index in [0.29, 0.717) is 6.42 Å². The van der Waals surface area contributed by atoms with Crippen LogP contribution in [0.15, 0.2) is 18.5 Å². The number of rotatable bonds is 4. The van der Waals surface area contributed by atoms with Crippen LogP contribution >= 0.6 is 0 Å². The first-order valence-corrected chi connectivity index (χ1v) is 5.67. The molecule has 1 N–H and O–H groups in total. The van der Waals surface area contributed by atoms with E-state index in [0.717, 1.165) is 25.9 Å². The van der Waals surface area contributed by atoms with Crippen LogP contribution < -0.4 is 4.90 Å². The normalized spacial score (nSPS) is 14.6. The van der Waals surface area contributed by atoms with Crippen molar-refractivity contribution in [3.05, 3.63) is 24.0 Å². The molecule has 2 rings (SSSR count). The van der Waals surface area contributed by atoms with E-state index in [9.17, 15) is 4.79 Å². The number of aromatic nitrogens is 1. The summed E-state index contributed by atoms with van der Waals surface area (Å²) in [6.07, 6.45) is 6.89. The Labute approximate surface area is 94.9 Å². The largest absolute Gasteiger partial charge is 0.481 e. The summed E-state index contributed by atoms with van der Waals surface area (Å²) in [5, 5.41) is 8.61. The average Bonchev–Trinajstić information content (AvgIpc) is 2.29. The number of hydrogen-bond donors (Lipinski definition) is 1. The fourth-order valence-corrected chi connectivity index (χ4v) is 2.15. The van der Waals surface area contributed by atoms with Gasteiger partial charge in [0.05, 0.1) is 11.9 Å². The average molecular weight is 220 g/mol. The van der Waals surface area contributed by atoms with Crippen molar-refractivity contribution in [3.8, 4) is 0 Å². The molecule has 4 heteroatoms. The molecular formula is C12H16N2O2. The molecule has 16 heavy (non-hydrogen) atoms. The zero-order valence-corrected chi connectivity index (χ0v) is 9.22. The smallest absolute Gasteiger partial charge is 0.303 e. The van der Waals surface area contributed by atoms with Crippen molar-refractivity contribution in [2.45, 2.75) is 25.7 Å². The second kappa shape index (κ2) is 4.96. The quantitative estimate of drug-likeness (QED) is 0.839. The van der Waals surface area contributed by atoms with Gasteiger partial charge in [-0.1, -0.05) is 0 Å². The van der Waals surface area contributed by atoms with Gasteiger partial charge in [0.15, 0.2) is 0 Å². The summed E-state index contributed by atoms with van der Waals surface area (Å²) in [6.45, 7) is 1.82. The highest BCUT2D eigenvalue weighted by Gasteiger charge is 2.16. The predicted octanol–water partition coefficient (Wildman–Crippen LogP) is 1.70. The molecule has 0 aromatic carbocycles. The number of pyridine rings is 1. The van der Waals surface area contributed by atoms with Crippen molar-refractivity contribution >= 4 is 11.7 Å². The molecule has 0 bridgehead atoms. The number of carbonyl (C=O) groups is 1. The van der Waals surface area contributed by atoms with E-state index in [1.165, 1.54) is 11.3 Å². The molecular weight excluding hydrogens is 204 g/mol. The summed E-state index contributed by atoms with van der Waals surface area (Å²) in [6, 6.07) is 2.05. The molecule has 1 aliphatic heterocycles. The summed E-state index contributed by atoms with van der Waals surface area (Å²) < 4.78 is 0. The van der Waals surface area contributed by atoms with Crippen molar-refractivity contribution in [2.75, 3.05) is 18.0 Å². The molecule has 0 atom stereocenters. The number of fused-ring (bicyclic) bond motifs is 1. The summed E-state index contributed by atoms with van der Waals surface area (Å²) >= 11 is 0. The molecule has 0 radical (unpaired) electrons. The van der Waals surface area contributed by atoms with Crippen molar-refractivity contribution in [1.29, 1.82) is 0 Å². The topological polar surface area (TPSA) is 53.4 Å². The van der Waals surface area contributed by atoms with E-state index in [4.69, 9.17) is 5.11 Å². The van der Waals surface area contributed by atoms with E-state index >= 15 is 0 Å². The van der Waals surface area contributed by atoms with Crippen LogP contribution in [0.1, 0.15) is 24.8 Å². The Morgan fingerprint density at radius 1 is 1.56 bits per heavy atom. The molecule has 0 fully saturated rings. The van der Waals surface area contributed by atoms with E-state index in [2.05, 4.69) is 16.0 Å². The highest BCUT2D eigenvalue weighted by atomic mass is 16.4. The van der Waals surface area contributed by atoms with E-state index in [1.807, 2.05) is 12.4 Å². The Morgan fingerprint density at radius 2 is 2.44 bits per heavy atom. The standard InChI is InChI=1S/C12H16N2O2/c15-12(16)4-2-8-14-7-1-3-10-5-6-13-9-11(10)14/h5-6,9H,1-4,7-8H2,(H,15,16). The van der Waals surface area contributed by atoms with Crippen LogP contribution in [0.3, 0.4) is 0 Å². The first-order valence-electron chi connectivity index (χ1n) is 5.67. The van der Waals surface area contributed by atoms with Gasteiger partial charge in [0, 0.05) is 25.7 Å². The SMILES string of the molecule is O=C(O)CCCN1CCCc2ccncc21. The first-order chi connectivity index (χ1) is 7.77. The van der Waals surface area contributed by atoms with Crippen LogP contribution in [-0.2, 0) is 11.2 Å². The van der Waals surface area contributed by atoms with E-state index in [-0.39, 0.29) is 6.42 Å². The Morgan fingerprint density at radius 3 is 3.25 bits per heavy atom. The highest BCUT2D eigenvalue weighted by molar-refractivity contribution is 5.66. The van der Waals surface area contributed by atoms with Gasteiger partial charge in [-0.05, 0) is 30.9 Å². The molecule has 1 aromatic heterocycles. The zero-order valence-electron chi connectivity index (χ0n) is 9.22. The van der Waals surface area contributed by atoms with Gasteiger partial charge in [0.2, 0.25) is 0 Å². The number of aliphatic carboxylic acids is 1. The maximum Gasteiger partial charge on any atom is 0.303 e. The maximum atomic E-state index is 10.5. The second-order valence-electron chi connectivity index (χ2n) is 4.09. The Hall–Kier alpha value is -1.58. The minimum Gasteiger partial charge on any atom is -0.481 e. The maximum absolute atomic E-state index is 10.5. The lowest BCUT2D eigenvalue weighted by Crippen LogP contribution is -2.30. The molecule has 0 spiro atoms. The molecule has 86 valence electrons. The van der Waals surface area contributed by atoms with E-state index in [1.54, 1.807) is 0 Å². The van der Waals surface area contributed by atoms with Gasteiger partial charge in [-0.3, -0.25) is 9.78 Å². The van der Waals surface area contributed by atoms with Crippen LogP contribution in [0.4, 0.5) is 5.69 Å². The molecule has 1 aliphatic rings. The number of carboxylic acids is 1. The summed E-state index contributed by atoms with van der Waals surface area (Å²) in [4.78, 5) is 16.8. The molecule has 0 saturated carbocycles. The van der Waals surface area contributed by atoms with Crippen LogP contribution in [0, 0.1) is 0 Å². The summed E-state index contributed by atoms with van der Waals surface area (Å²) in [5.41, 5.74) is 2.51. The van der Waals surface area contributed by atoms with Crippen molar-refractivity contribution in [2.24, 2.45) is 0 Å². The monoisotopic (exact) mass is 220 g/mol. The number of aryl methyl sites for hydroxylation is 1. The van der Waals surface area contributed by atoms with Crippen LogP contribution in [0.25, 0.3) is 0 Å². The Kier molecular flexibility index (Phi) is 3.39. The number of hydrogen-bond acceptors (Lipinski definition) is 3. The van der Waals surface area contributed by atoms with E-state index < -0.39 is 5.97 Å². The zero-order chi connectivity index (χ0) is 11.4. The molecule has 1 aromatic rings. The predicted molar refractivity (Wildman–Crippen MR) is 61.6 cm³/mol. The number of anilines is 1. The van der Waals surface area contributed by atoms with Gasteiger partial charge >= 0.3 is 5.97 Å². The van der Waals surface area contributed by atoms with Gasteiger partial charge in [-0.15, -0.1) is 0 Å². The van der Waals surface area contributed by atoms with Crippen molar-refractivity contribution in [3.63, 3.8) is 0 Å². The molecule has 0 aliphatic carbocycles. The van der Waals surface area contributed by atoms with Gasteiger partial charge in [-0.25, -0.2) is 0 Å². The Bertz CT molecular complexity index is 379.